The molecular weight excluding hydrogens is 643 g/mol. The number of hydrogen-bond donors (Lipinski definition) is 0. The van der Waals surface area contributed by atoms with Crippen LogP contribution < -0.4 is 24.8 Å². The molecule has 7 rings (SSSR count). The normalized spacial score (nSPS) is 15.8. The van der Waals surface area contributed by atoms with Gasteiger partial charge in [0, 0.05) is 15.3 Å². The second kappa shape index (κ2) is 14.6. The van der Waals surface area contributed by atoms with Gasteiger partial charge in [0.25, 0.3) is 0 Å². The van der Waals surface area contributed by atoms with Crippen LogP contribution in [0, 0.1) is 6.92 Å². The SMILES string of the molecule is CC1=C2c3cc(C)sc3C1[Si]2(C)C.CCCCCCc1ccc(-c2cccc3[cH-]c(C(C)C)cc23)cc1.[Cl-].[Cl-].[Zr+3]. The standard InChI is InChI=1S/C24H29.C11H14SSi.2ClH.Zr/c1-4-5-6-7-9-19-12-14-20(15-13-19)23-11-8-10-21-16-22(18(2)3)17-24(21)23;1-6-5-8-9(12-6)11-7(2)10(8)13(11,3)4;;;/h8,10-18H,4-7,9H2,1-3H3;5,11H,1-4H3;2*1H;/q-1;;;;+3/p-2. The number of allylic oxidation sites excluding steroid dienone is 1. The minimum absolute atomic E-state index is 0. The van der Waals surface area contributed by atoms with E-state index in [1.807, 2.05) is 11.3 Å². The van der Waals surface area contributed by atoms with Gasteiger partial charge in [-0.1, -0.05) is 99.8 Å². The smallest absolute Gasteiger partial charge is 1.00 e. The van der Waals surface area contributed by atoms with E-state index in [0.29, 0.717) is 5.92 Å². The molecule has 2 bridgehead atoms. The Morgan fingerprint density at radius 2 is 1.60 bits per heavy atom. The van der Waals surface area contributed by atoms with Gasteiger partial charge in [0.15, 0.2) is 0 Å². The first kappa shape index (κ1) is 35.4. The van der Waals surface area contributed by atoms with Crippen LogP contribution in [0.3, 0.4) is 0 Å². The van der Waals surface area contributed by atoms with Crippen LogP contribution in [-0.4, -0.2) is 8.07 Å². The van der Waals surface area contributed by atoms with Crippen molar-refractivity contribution in [3.8, 4) is 11.1 Å². The Balaban J connectivity index is 0.000000298. The van der Waals surface area contributed by atoms with Crippen LogP contribution in [0.5, 0.6) is 0 Å². The second-order valence-electron chi connectivity index (χ2n) is 12.1. The number of halogens is 2. The Bertz CT molecular complexity index is 1440. The summed E-state index contributed by atoms with van der Waals surface area (Å²) in [6, 6.07) is 23.0. The molecule has 211 valence electrons. The molecule has 3 aliphatic rings. The van der Waals surface area contributed by atoms with Crippen molar-refractivity contribution in [2.45, 2.75) is 91.3 Å². The first-order chi connectivity index (χ1) is 17.7. The van der Waals surface area contributed by atoms with Crippen LogP contribution in [-0.2, 0) is 32.6 Å². The third kappa shape index (κ3) is 6.70. The fraction of sp³-hybridized carbons (Fsp3) is 0.400. The van der Waals surface area contributed by atoms with Crippen molar-refractivity contribution in [2.24, 2.45) is 0 Å². The number of unbranched alkanes of at least 4 members (excludes halogenated alkanes) is 3. The molecular formula is C35H43Cl2SSiZr. The third-order valence-electron chi connectivity index (χ3n) is 8.63. The van der Waals surface area contributed by atoms with Crippen LogP contribution in [0.1, 0.15) is 91.3 Å². The molecule has 0 saturated heterocycles. The van der Waals surface area contributed by atoms with Crippen LogP contribution in [0.25, 0.3) is 27.1 Å². The Labute approximate surface area is 279 Å². The van der Waals surface area contributed by atoms with Crippen LogP contribution >= 0.6 is 11.3 Å². The second-order valence-corrected chi connectivity index (χ2v) is 17.9. The molecule has 1 aliphatic carbocycles. The van der Waals surface area contributed by atoms with E-state index in [-0.39, 0.29) is 51.0 Å². The molecule has 0 N–H and O–H groups in total. The zero-order valence-electron chi connectivity index (χ0n) is 25.1. The number of aryl methyl sites for hydroxylation is 2. The van der Waals surface area contributed by atoms with Gasteiger partial charge < -0.3 is 24.8 Å². The Hall–Kier alpha value is -0.830. The summed E-state index contributed by atoms with van der Waals surface area (Å²) >= 11 is 2.03. The molecule has 4 aromatic rings. The Morgan fingerprint density at radius 1 is 0.900 bits per heavy atom. The molecule has 5 heteroatoms. The number of fused-ring (bicyclic) bond motifs is 1. The predicted octanol–water partition coefficient (Wildman–Crippen LogP) is 5.21. The number of benzene rings is 2. The van der Waals surface area contributed by atoms with Crippen molar-refractivity contribution in [2.75, 3.05) is 0 Å². The van der Waals surface area contributed by atoms with E-state index in [9.17, 15) is 0 Å². The number of rotatable bonds is 7. The molecule has 0 nitrogen and oxygen atoms in total. The number of thiophene rings is 1. The quantitative estimate of drug-likeness (QED) is 0.143. The Kier molecular flexibility index (Phi) is 12.9. The minimum Gasteiger partial charge on any atom is -1.00 e. The van der Waals surface area contributed by atoms with E-state index in [1.165, 1.54) is 70.0 Å². The van der Waals surface area contributed by atoms with Crippen molar-refractivity contribution in [1.82, 2.24) is 0 Å². The van der Waals surface area contributed by atoms with Crippen LogP contribution in [0.15, 0.2) is 66.2 Å². The molecule has 1 aromatic heterocycles. The van der Waals surface area contributed by atoms with Gasteiger partial charge in [-0.2, -0.15) is 6.07 Å². The molecule has 40 heavy (non-hydrogen) atoms. The maximum atomic E-state index is 2.52. The summed E-state index contributed by atoms with van der Waals surface area (Å²) in [5.74, 6) is 0.579. The molecule has 3 heterocycles. The molecule has 1 radical (unpaired) electrons. The molecule has 2 aliphatic heterocycles. The van der Waals surface area contributed by atoms with Crippen molar-refractivity contribution in [3.63, 3.8) is 0 Å². The summed E-state index contributed by atoms with van der Waals surface area (Å²) in [6.45, 7) is 16.4. The van der Waals surface area contributed by atoms with Gasteiger partial charge >= 0.3 is 26.2 Å². The predicted molar refractivity (Wildman–Crippen MR) is 169 cm³/mol. The molecule has 3 aromatic carbocycles. The molecule has 1 unspecified atom stereocenters. The number of hydrogen-bond acceptors (Lipinski definition) is 1. The van der Waals surface area contributed by atoms with E-state index >= 15 is 0 Å². The maximum Gasteiger partial charge on any atom is 3.00 e. The summed E-state index contributed by atoms with van der Waals surface area (Å²) in [4.78, 5) is 3.19. The molecule has 0 spiro atoms. The summed E-state index contributed by atoms with van der Waals surface area (Å²) in [5.41, 5.74) is 9.80. The van der Waals surface area contributed by atoms with Gasteiger partial charge in [-0.05, 0) is 55.4 Å². The zero-order valence-corrected chi connectivity index (χ0v) is 30.9. The van der Waals surface area contributed by atoms with E-state index in [4.69, 9.17) is 0 Å². The topological polar surface area (TPSA) is 0 Å². The minimum atomic E-state index is -0.995. The van der Waals surface area contributed by atoms with Gasteiger partial charge in [-0.3, -0.25) is 0 Å². The van der Waals surface area contributed by atoms with E-state index in [2.05, 4.69) is 108 Å². The van der Waals surface area contributed by atoms with Crippen LogP contribution in [0.4, 0.5) is 0 Å². The first-order valence-corrected chi connectivity index (χ1v) is 18.2. The zero-order chi connectivity index (χ0) is 26.3. The molecule has 0 fully saturated rings. The molecule has 0 amide bonds. The van der Waals surface area contributed by atoms with Gasteiger partial charge in [0.05, 0.1) is 8.07 Å². The van der Waals surface area contributed by atoms with Gasteiger partial charge in [-0.15, -0.1) is 45.9 Å². The maximum absolute atomic E-state index is 2.52. The van der Waals surface area contributed by atoms with Gasteiger partial charge in [0.2, 0.25) is 0 Å². The van der Waals surface area contributed by atoms with Crippen molar-refractivity contribution in [1.29, 1.82) is 0 Å². The largest absolute Gasteiger partial charge is 3.00 e. The van der Waals surface area contributed by atoms with E-state index < -0.39 is 8.07 Å². The molecule has 0 saturated carbocycles. The summed E-state index contributed by atoms with van der Waals surface area (Å²) in [7, 11) is -0.995. The average molecular weight is 686 g/mol. The summed E-state index contributed by atoms with van der Waals surface area (Å²) < 4.78 is 0. The Morgan fingerprint density at radius 3 is 2.20 bits per heavy atom. The fourth-order valence-corrected chi connectivity index (χ4v) is 13.1. The fourth-order valence-electron chi connectivity index (χ4n) is 6.74. The van der Waals surface area contributed by atoms with Gasteiger partial charge in [0.1, 0.15) is 0 Å². The van der Waals surface area contributed by atoms with Gasteiger partial charge in [-0.25, -0.2) is 0 Å². The van der Waals surface area contributed by atoms with E-state index in [1.54, 1.807) is 21.2 Å². The van der Waals surface area contributed by atoms with Crippen LogP contribution in [0.2, 0.25) is 13.1 Å². The third-order valence-corrected chi connectivity index (χ3v) is 14.1. The monoisotopic (exact) mass is 683 g/mol. The van der Waals surface area contributed by atoms with Crippen molar-refractivity contribution < 1.29 is 51.0 Å². The summed E-state index contributed by atoms with van der Waals surface area (Å²) in [5, 5.41) is 4.52. The van der Waals surface area contributed by atoms with E-state index in [0.717, 1.165) is 5.54 Å². The summed E-state index contributed by atoms with van der Waals surface area (Å²) in [6.07, 6.45) is 6.53. The first-order valence-electron chi connectivity index (χ1n) is 14.3. The van der Waals surface area contributed by atoms with Crippen molar-refractivity contribution in [3.05, 3.63) is 92.7 Å². The molecule has 1 atom stereocenters. The average Bonchev–Trinajstić information content (AvgIpc) is 3.57. The van der Waals surface area contributed by atoms with Crippen molar-refractivity contribution >= 4 is 35.4 Å².